The van der Waals surface area contributed by atoms with Gasteiger partial charge in [-0.3, -0.25) is 14.4 Å². The predicted octanol–water partition coefficient (Wildman–Crippen LogP) is 3.98. The number of hydrogen-bond donors (Lipinski definition) is 4. The molecular weight excluding hydrogens is 776 g/mol. The fourth-order valence-corrected chi connectivity index (χ4v) is 11.1. The average molecular weight is 833 g/mol. The van der Waals surface area contributed by atoms with Crippen molar-refractivity contribution in [3.63, 3.8) is 0 Å². The molecule has 0 aromatic heterocycles. The smallest absolute Gasteiger partial charge is 0.338 e. The molecule has 2 bridgehead atoms. The quantitative estimate of drug-likeness (QED) is 0.208. The van der Waals surface area contributed by atoms with Gasteiger partial charge in [0.25, 0.3) is 0 Å². The summed E-state index contributed by atoms with van der Waals surface area (Å²) < 4.78 is 30.8. The molecule has 7 rings (SSSR count). The van der Waals surface area contributed by atoms with Crippen molar-refractivity contribution in [2.45, 2.75) is 128 Å². The molecule has 2 aromatic carbocycles. The van der Waals surface area contributed by atoms with E-state index < -0.39 is 118 Å². The van der Waals surface area contributed by atoms with E-state index >= 15 is 4.79 Å². The zero-order chi connectivity index (χ0) is 43.7. The van der Waals surface area contributed by atoms with E-state index in [2.05, 4.69) is 10.6 Å². The third-order valence-electron chi connectivity index (χ3n) is 13.8. The van der Waals surface area contributed by atoms with Crippen molar-refractivity contribution in [1.82, 2.24) is 10.6 Å². The van der Waals surface area contributed by atoms with Crippen molar-refractivity contribution in [3.05, 3.63) is 71.8 Å². The molecule has 0 radical (unpaired) electrons. The first kappa shape index (κ1) is 43.2. The highest BCUT2D eigenvalue weighted by Crippen LogP contribution is 2.75. The number of aliphatic hydroxyl groups is 2. The van der Waals surface area contributed by atoms with Crippen LogP contribution in [0.3, 0.4) is 0 Å². The SMILES string of the molecule is CC(=O)O[C@H]1C(=O)[C@]23C[C@H]2C[C@H]2OC[C@@]2(OC(C)=O)[C@H]3[C@H](OC(=O)c2ccccc2)[C@]2(O)C[C@H](OC(=O)[C@H](O)[C@@H](NC(=O)NC(C)(C)C)c3ccccc3)C(C)C1C2(C)C. The maximum atomic E-state index is 15.5. The Morgan fingerprint density at radius 3 is 2.10 bits per heavy atom. The number of ether oxygens (including phenoxy) is 5. The number of urea groups is 1. The maximum absolute atomic E-state index is 15.5. The van der Waals surface area contributed by atoms with Gasteiger partial charge in [-0.15, -0.1) is 0 Å². The Hall–Kier alpha value is -4.86. The highest BCUT2D eigenvalue weighted by Gasteiger charge is 2.85. The molecule has 2 unspecified atom stereocenters. The van der Waals surface area contributed by atoms with Crippen LogP contribution in [0.1, 0.15) is 96.6 Å². The maximum Gasteiger partial charge on any atom is 0.338 e. The summed E-state index contributed by atoms with van der Waals surface area (Å²) >= 11 is 0. The van der Waals surface area contributed by atoms with Crippen LogP contribution in [0.25, 0.3) is 0 Å². The van der Waals surface area contributed by atoms with Crippen LogP contribution >= 0.6 is 0 Å². The number of Topliss-reactive ketones (excluding diaryl/α,β-unsaturated/α-hetero) is 1. The highest BCUT2D eigenvalue weighted by molar-refractivity contribution is 5.95. The van der Waals surface area contributed by atoms with Gasteiger partial charge in [0.15, 0.2) is 23.6 Å². The van der Waals surface area contributed by atoms with E-state index in [4.69, 9.17) is 23.7 Å². The summed E-state index contributed by atoms with van der Waals surface area (Å²) in [5.74, 6) is -7.24. The first-order valence-corrected chi connectivity index (χ1v) is 20.6. The molecule has 2 aromatic rings. The van der Waals surface area contributed by atoms with Crippen molar-refractivity contribution in [1.29, 1.82) is 0 Å². The Balaban J connectivity index is 1.35. The zero-order valence-electron chi connectivity index (χ0n) is 35.3. The summed E-state index contributed by atoms with van der Waals surface area (Å²) in [4.78, 5) is 83.1. The Labute approximate surface area is 349 Å². The highest BCUT2D eigenvalue weighted by atomic mass is 16.6. The normalized spacial score (nSPS) is 35.7. The number of rotatable bonds is 9. The van der Waals surface area contributed by atoms with E-state index in [9.17, 15) is 34.2 Å². The molecule has 1 saturated heterocycles. The third kappa shape index (κ3) is 7.15. The van der Waals surface area contributed by atoms with Crippen molar-refractivity contribution in [2.24, 2.45) is 34.5 Å². The summed E-state index contributed by atoms with van der Waals surface area (Å²) in [6.45, 7) is 12.7. The second kappa shape index (κ2) is 15.2. The summed E-state index contributed by atoms with van der Waals surface area (Å²) in [6, 6.07) is 14.6. The van der Waals surface area contributed by atoms with Gasteiger partial charge >= 0.3 is 29.9 Å². The minimum atomic E-state index is -2.18. The Morgan fingerprint density at radius 1 is 0.900 bits per heavy atom. The fourth-order valence-electron chi connectivity index (χ4n) is 11.1. The Kier molecular flexibility index (Phi) is 11.0. The van der Waals surface area contributed by atoms with Crippen LogP contribution in [-0.4, -0.2) is 99.8 Å². The number of fused-ring (bicyclic) bond motifs is 4. The second-order valence-electron chi connectivity index (χ2n) is 19.0. The number of aliphatic hydroxyl groups excluding tert-OH is 1. The molecule has 4 aliphatic carbocycles. The number of hydrogen-bond acceptors (Lipinski definition) is 13. The molecule has 60 heavy (non-hydrogen) atoms. The summed E-state index contributed by atoms with van der Waals surface area (Å²) in [7, 11) is 0. The lowest BCUT2D eigenvalue weighted by molar-refractivity contribution is -0.335. The lowest BCUT2D eigenvalue weighted by atomic mass is 9.45. The zero-order valence-corrected chi connectivity index (χ0v) is 35.3. The third-order valence-corrected chi connectivity index (χ3v) is 13.8. The molecule has 1 heterocycles. The Morgan fingerprint density at radius 2 is 1.53 bits per heavy atom. The van der Waals surface area contributed by atoms with Gasteiger partial charge in [-0.25, -0.2) is 14.4 Å². The number of nitrogens with one attached hydrogen (secondary N) is 2. The molecule has 15 heteroatoms. The summed E-state index contributed by atoms with van der Waals surface area (Å²) in [5, 5.41) is 30.9. The van der Waals surface area contributed by atoms with Gasteiger partial charge in [0.05, 0.1) is 24.1 Å². The van der Waals surface area contributed by atoms with Crippen LogP contribution in [0.2, 0.25) is 0 Å². The molecular formula is C45H56N2O13. The van der Waals surface area contributed by atoms with Crippen LogP contribution in [0.5, 0.6) is 0 Å². The van der Waals surface area contributed by atoms with Crippen molar-refractivity contribution >= 4 is 35.7 Å². The molecule has 324 valence electrons. The largest absolute Gasteiger partial charge is 0.460 e. The number of benzene rings is 2. The number of carbonyl (C=O) groups is 6. The monoisotopic (exact) mass is 832 g/mol. The summed E-state index contributed by atoms with van der Waals surface area (Å²) in [6.07, 6.45) is -6.76. The first-order chi connectivity index (χ1) is 28.1. The summed E-state index contributed by atoms with van der Waals surface area (Å²) in [5.41, 5.74) is -6.60. The van der Waals surface area contributed by atoms with Gasteiger partial charge in [-0.1, -0.05) is 69.3 Å². The molecule has 5 fully saturated rings. The van der Waals surface area contributed by atoms with Gasteiger partial charge in [0.2, 0.25) is 0 Å². The van der Waals surface area contributed by atoms with Gasteiger partial charge < -0.3 is 44.5 Å². The van der Waals surface area contributed by atoms with Crippen molar-refractivity contribution in [3.8, 4) is 0 Å². The molecule has 1 aliphatic heterocycles. The molecule has 13 atom stereocenters. The van der Waals surface area contributed by atoms with E-state index in [1.54, 1.807) is 102 Å². The number of esters is 4. The van der Waals surface area contributed by atoms with E-state index in [-0.39, 0.29) is 30.9 Å². The van der Waals surface area contributed by atoms with Gasteiger partial charge in [0.1, 0.15) is 23.9 Å². The van der Waals surface area contributed by atoms with Crippen LogP contribution in [0.15, 0.2) is 60.7 Å². The molecule has 1 spiro atoms. The lowest BCUT2D eigenvalue weighted by Crippen LogP contribution is -2.79. The predicted molar refractivity (Wildman–Crippen MR) is 212 cm³/mol. The van der Waals surface area contributed by atoms with Crippen molar-refractivity contribution in [2.75, 3.05) is 6.61 Å². The Bertz CT molecular complexity index is 2040. The lowest BCUT2D eigenvalue weighted by Gasteiger charge is -2.66. The van der Waals surface area contributed by atoms with E-state index in [1.807, 2.05) is 0 Å². The fraction of sp³-hybridized carbons (Fsp3) is 0.600. The van der Waals surface area contributed by atoms with Crippen LogP contribution in [-0.2, 0) is 42.9 Å². The first-order valence-electron chi connectivity index (χ1n) is 20.6. The number of ketones is 1. The number of carbonyl (C=O) groups excluding carboxylic acids is 6. The second-order valence-corrected chi connectivity index (χ2v) is 19.0. The van der Waals surface area contributed by atoms with Gasteiger partial charge in [0, 0.05) is 48.5 Å². The molecule has 4 saturated carbocycles. The topological polar surface area (TPSA) is 213 Å². The molecule has 4 N–H and O–H groups in total. The molecule has 2 amide bonds. The average Bonchev–Trinajstić information content (AvgIpc) is 3.90. The van der Waals surface area contributed by atoms with Crippen LogP contribution in [0, 0.1) is 34.5 Å². The molecule has 15 nitrogen and oxygen atoms in total. The van der Waals surface area contributed by atoms with Crippen LogP contribution in [0.4, 0.5) is 4.79 Å². The van der Waals surface area contributed by atoms with Gasteiger partial charge in [-0.05, 0) is 57.2 Å². The van der Waals surface area contributed by atoms with E-state index in [0.29, 0.717) is 12.0 Å². The minimum Gasteiger partial charge on any atom is -0.460 e. The minimum absolute atomic E-state index is 0.154. The van der Waals surface area contributed by atoms with Gasteiger partial charge in [-0.2, -0.15) is 0 Å². The van der Waals surface area contributed by atoms with Crippen LogP contribution < -0.4 is 10.6 Å². The molecule has 5 aliphatic rings. The van der Waals surface area contributed by atoms with Crippen molar-refractivity contribution < 1.29 is 62.7 Å². The standard InChI is InChI=1S/C45H56N2O13/c1-23-29(58-39(53)33(50)32(26-15-11-9-12-16-26)46-40(54)47-41(4,5)6)21-45(55)37(59-38(52)27-17-13-10-14-18-27)35-43(36(51)34(57-24(2)48)31(23)42(45,7)8)20-28(43)19-30-44(35,22-56-30)60-25(3)49/h9-18,23,28-35,37,50,55H,19-22H2,1-8H3,(H2,46,47,54)/t23?,28-,29+,30-,31?,32+,33-,34-,35+,37+,43-,44+,45-/m1/s1. The van der Waals surface area contributed by atoms with E-state index in [1.165, 1.54) is 13.8 Å². The van der Waals surface area contributed by atoms with E-state index in [0.717, 1.165) is 0 Å². The number of amides is 2.